The molecule has 0 spiro atoms. The molecular formula is C7H14O5. The van der Waals surface area contributed by atoms with Crippen molar-refractivity contribution in [3.8, 4) is 0 Å². The number of carbonyl (C=O) groups is 1. The molecule has 0 fully saturated rings. The molecule has 0 aromatic carbocycles. The van der Waals surface area contributed by atoms with Crippen molar-refractivity contribution in [2.75, 3.05) is 6.61 Å². The molecule has 0 rings (SSSR count). The molecule has 0 saturated heterocycles. The first-order valence-corrected chi connectivity index (χ1v) is 3.65. The van der Waals surface area contributed by atoms with Crippen LogP contribution in [0.3, 0.4) is 0 Å². The quantitative estimate of drug-likeness (QED) is 0.361. The molecule has 0 saturated carbocycles. The second kappa shape index (κ2) is 5.21. The fourth-order valence-corrected chi connectivity index (χ4v) is 0.784. The Morgan fingerprint density at radius 3 is 2.17 bits per heavy atom. The van der Waals surface area contributed by atoms with Gasteiger partial charge in [-0.1, -0.05) is 6.92 Å². The van der Waals surface area contributed by atoms with E-state index >= 15 is 0 Å². The Morgan fingerprint density at radius 1 is 1.33 bits per heavy atom. The molecule has 4 N–H and O–H groups in total. The highest BCUT2D eigenvalue weighted by atomic mass is 16.4. The lowest BCUT2D eigenvalue weighted by Crippen LogP contribution is -2.40. The molecule has 0 amide bonds. The Bertz CT molecular complexity index is 138. The van der Waals surface area contributed by atoms with E-state index in [1.54, 1.807) is 0 Å². The van der Waals surface area contributed by atoms with E-state index in [1.807, 2.05) is 0 Å². The summed E-state index contributed by atoms with van der Waals surface area (Å²) in [5.74, 6) is -0.787. The molecule has 0 bridgehead atoms. The van der Waals surface area contributed by atoms with Crippen molar-refractivity contribution >= 4 is 6.29 Å². The molecule has 4 atom stereocenters. The average Bonchev–Trinajstić information content (AvgIpc) is 2.12. The summed E-state index contributed by atoms with van der Waals surface area (Å²) in [4.78, 5) is 10.1. The maximum absolute atomic E-state index is 10.1. The molecule has 72 valence electrons. The van der Waals surface area contributed by atoms with Gasteiger partial charge in [0.1, 0.15) is 18.5 Å². The minimum Gasteiger partial charge on any atom is -0.394 e. The molecule has 0 heterocycles. The van der Waals surface area contributed by atoms with Gasteiger partial charge in [-0.05, 0) is 0 Å². The van der Waals surface area contributed by atoms with Gasteiger partial charge in [0.05, 0.1) is 12.7 Å². The lowest BCUT2D eigenvalue weighted by molar-refractivity contribution is -0.123. The van der Waals surface area contributed by atoms with Gasteiger partial charge in [0.25, 0.3) is 0 Å². The Kier molecular flexibility index (Phi) is 5.00. The van der Waals surface area contributed by atoms with Crippen LogP contribution in [-0.2, 0) is 4.79 Å². The van der Waals surface area contributed by atoms with Crippen LogP contribution >= 0.6 is 0 Å². The van der Waals surface area contributed by atoms with Crippen LogP contribution in [0, 0.1) is 5.92 Å². The number of carbonyl (C=O) groups excluding carboxylic acids is 1. The summed E-state index contributed by atoms with van der Waals surface area (Å²) in [6, 6.07) is 0. The smallest absolute Gasteiger partial charge is 0.148 e. The third-order valence-corrected chi connectivity index (χ3v) is 1.80. The lowest BCUT2D eigenvalue weighted by atomic mass is 9.95. The zero-order valence-corrected chi connectivity index (χ0v) is 6.79. The molecule has 5 nitrogen and oxygen atoms in total. The highest BCUT2D eigenvalue weighted by molar-refractivity contribution is 5.56. The van der Waals surface area contributed by atoms with Crippen LogP contribution in [0.5, 0.6) is 0 Å². The fourth-order valence-electron chi connectivity index (χ4n) is 0.784. The number of aliphatic hydroxyl groups excluding tert-OH is 4. The van der Waals surface area contributed by atoms with Gasteiger partial charge < -0.3 is 25.2 Å². The maximum Gasteiger partial charge on any atom is 0.148 e. The molecule has 0 radical (unpaired) electrons. The molecule has 0 aliphatic heterocycles. The molecular weight excluding hydrogens is 164 g/mol. The van der Waals surface area contributed by atoms with E-state index in [1.165, 1.54) is 6.92 Å². The van der Waals surface area contributed by atoms with Crippen LogP contribution in [-0.4, -0.2) is 51.6 Å². The number of hydrogen-bond donors (Lipinski definition) is 4. The first kappa shape index (κ1) is 11.5. The van der Waals surface area contributed by atoms with Gasteiger partial charge in [-0.3, -0.25) is 0 Å². The Balaban J connectivity index is 4.07. The number of hydrogen-bond acceptors (Lipinski definition) is 5. The zero-order chi connectivity index (χ0) is 9.72. The molecule has 0 aliphatic rings. The summed E-state index contributed by atoms with van der Waals surface area (Å²) in [6.45, 7) is 0.805. The van der Waals surface area contributed by atoms with Gasteiger partial charge >= 0.3 is 0 Å². The monoisotopic (exact) mass is 178 g/mol. The predicted octanol–water partition coefficient (Wildman–Crippen LogP) is -2.10. The van der Waals surface area contributed by atoms with Crippen molar-refractivity contribution in [2.45, 2.75) is 25.2 Å². The van der Waals surface area contributed by atoms with Crippen molar-refractivity contribution in [1.29, 1.82) is 0 Å². The van der Waals surface area contributed by atoms with Gasteiger partial charge in [-0.25, -0.2) is 0 Å². The highest BCUT2D eigenvalue weighted by Gasteiger charge is 2.27. The van der Waals surface area contributed by atoms with Gasteiger partial charge in [-0.15, -0.1) is 0 Å². The summed E-state index contributed by atoms with van der Waals surface area (Å²) in [5.41, 5.74) is 0. The van der Waals surface area contributed by atoms with Crippen molar-refractivity contribution in [3.63, 3.8) is 0 Å². The topological polar surface area (TPSA) is 98.0 Å². The largest absolute Gasteiger partial charge is 0.394 e. The van der Waals surface area contributed by atoms with Gasteiger partial charge in [0.2, 0.25) is 0 Å². The van der Waals surface area contributed by atoms with E-state index in [0.29, 0.717) is 0 Å². The number of aliphatic hydroxyl groups is 4. The van der Waals surface area contributed by atoms with Crippen LogP contribution in [0.25, 0.3) is 0 Å². The minimum absolute atomic E-state index is 0.276. The maximum atomic E-state index is 10.1. The average molecular weight is 178 g/mol. The van der Waals surface area contributed by atoms with Crippen LogP contribution in [0.1, 0.15) is 6.92 Å². The van der Waals surface area contributed by atoms with Crippen LogP contribution < -0.4 is 0 Å². The third-order valence-electron chi connectivity index (χ3n) is 1.80. The van der Waals surface area contributed by atoms with Crippen molar-refractivity contribution in [2.24, 2.45) is 5.92 Å². The lowest BCUT2D eigenvalue weighted by Gasteiger charge is -2.23. The number of aldehydes is 1. The van der Waals surface area contributed by atoms with Crippen LogP contribution in [0.4, 0.5) is 0 Å². The van der Waals surface area contributed by atoms with E-state index in [2.05, 4.69) is 0 Å². The highest BCUT2D eigenvalue weighted by Crippen LogP contribution is 2.10. The predicted molar refractivity (Wildman–Crippen MR) is 40.3 cm³/mol. The van der Waals surface area contributed by atoms with Crippen LogP contribution in [0.2, 0.25) is 0 Å². The van der Waals surface area contributed by atoms with Crippen molar-refractivity contribution < 1.29 is 25.2 Å². The minimum atomic E-state index is -1.32. The summed E-state index contributed by atoms with van der Waals surface area (Å²) in [7, 11) is 0. The summed E-state index contributed by atoms with van der Waals surface area (Å²) >= 11 is 0. The SMILES string of the molecule is C[C@@H]([C@H](O)[C@H](O)CO)[C@@H](O)C=O. The first-order chi connectivity index (χ1) is 5.54. The van der Waals surface area contributed by atoms with Crippen LogP contribution in [0.15, 0.2) is 0 Å². The number of rotatable bonds is 5. The summed E-state index contributed by atoms with van der Waals surface area (Å²) in [5, 5.41) is 35.4. The van der Waals surface area contributed by atoms with Crippen molar-refractivity contribution in [1.82, 2.24) is 0 Å². The molecule has 12 heavy (non-hydrogen) atoms. The van der Waals surface area contributed by atoms with E-state index < -0.39 is 30.8 Å². The van der Waals surface area contributed by atoms with E-state index in [-0.39, 0.29) is 6.29 Å². The Morgan fingerprint density at radius 2 is 1.83 bits per heavy atom. The van der Waals surface area contributed by atoms with E-state index in [0.717, 1.165) is 0 Å². The molecule has 0 aromatic heterocycles. The molecule has 0 aliphatic carbocycles. The third kappa shape index (κ3) is 2.86. The van der Waals surface area contributed by atoms with Gasteiger partial charge in [0.15, 0.2) is 0 Å². The molecule has 0 unspecified atom stereocenters. The van der Waals surface area contributed by atoms with Crippen molar-refractivity contribution in [3.05, 3.63) is 0 Å². The fraction of sp³-hybridized carbons (Fsp3) is 0.857. The Labute approximate surface area is 70.3 Å². The Hall–Kier alpha value is -0.490. The van der Waals surface area contributed by atoms with E-state index in [4.69, 9.17) is 20.4 Å². The van der Waals surface area contributed by atoms with Gasteiger partial charge in [0, 0.05) is 5.92 Å². The second-order valence-electron chi connectivity index (χ2n) is 2.73. The molecule has 5 heteroatoms. The summed E-state index contributed by atoms with van der Waals surface area (Å²) in [6.07, 6.45) is -3.66. The summed E-state index contributed by atoms with van der Waals surface area (Å²) < 4.78 is 0. The van der Waals surface area contributed by atoms with Gasteiger partial charge in [-0.2, -0.15) is 0 Å². The standard InChI is InChI=1S/C7H14O5/c1-4(5(10)2-8)7(12)6(11)3-9/h2,4-7,9-12H,3H2,1H3/t4-,5+,6-,7+/m1/s1. The van der Waals surface area contributed by atoms with E-state index in [9.17, 15) is 4.79 Å². The zero-order valence-electron chi connectivity index (χ0n) is 6.79. The normalized spacial score (nSPS) is 21.1. The first-order valence-electron chi connectivity index (χ1n) is 3.65. The second-order valence-corrected chi connectivity index (χ2v) is 2.73. The molecule has 0 aromatic rings.